The number of rotatable bonds is 4. The Morgan fingerprint density at radius 2 is 1.65 bits per heavy atom. The minimum atomic E-state index is -1.66. The van der Waals surface area contributed by atoms with Crippen LogP contribution in [0.1, 0.15) is 19.4 Å². The van der Waals surface area contributed by atoms with Crippen molar-refractivity contribution in [2.45, 2.75) is 32.2 Å². The van der Waals surface area contributed by atoms with Crippen molar-refractivity contribution in [3.05, 3.63) is 33.8 Å². The van der Waals surface area contributed by atoms with Crippen LogP contribution in [-0.2, 0) is 6.54 Å². The van der Waals surface area contributed by atoms with Crippen LogP contribution in [0.2, 0.25) is 10.0 Å². The van der Waals surface area contributed by atoms with Crippen molar-refractivity contribution in [1.82, 2.24) is 5.06 Å². The summed E-state index contributed by atoms with van der Waals surface area (Å²) in [6, 6.07) is 4.88. The third-order valence-corrected chi connectivity index (χ3v) is 2.99. The molecule has 1 rings (SSSR count). The number of aliphatic hydroxyl groups is 2. The van der Waals surface area contributed by atoms with Gasteiger partial charge in [-0.2, -0.15) is 5.06 Å². The highest BCUT2D eigenvalue weighted by atomic mass is 35.5. The summed E-state index contributed by atoms with van der Waals surface area (Å²) >= 11 is 11.7. The van der Waals surface area contributed by atoms with Gasteiger partial charge in [0.1, 0.15) is 0 Å². The summed E-state index contributed by atoms with van der Waals surface area (Å²) in [5.41, 5.74) is -0.506. The first kappa shape index (κ1) is 14.7. The van der Waals surface area contributed by atoms with Crippen molar-refractivity contribution >= 4 is 23.2 Å². The lowest BCUT2D eigenvalue weighted by Gasteiger charge is -2.34. The van der Waals surface area contributed by atoms with Gasteiger partial charge in [0, 0.05) is 16.6 Å². The summed E-state index contributed by atoms with van der Waals surface area (Å²) in [5, 5.41) is 29.8. The highest BCUT2D eigenvalue weighted by molar-refractivity contribution is 6.34. The molecule has 0 spiro atoms. The van der Waals surface area contributed by atoms with E-state index >= 15 is 0 Å². The monoisotopic (exact) mass is 279 g/mol. The fourth-order valence-electron chi connectivity index (χ4n) is 1.21. The largest absolute Gasteiger partial charge is 0.366 e. The zero-order valence-electron chi connectivity index (χ0n) is 9.56. The molecule has 0 saturated carbocycles. The Labute approximate surface area is 110 Å². The molecule has 4 nitrogen and oxygen atoms in total. The number of halogens is 2. The smallest absolute Gasteiger partial charge is 0.171 e. The lowest BCUT2D eigenvalue weighted by molar-refractivity contribution is -0.245. The maximum atomic E-state index is 9.81. The molecule has 96 valence electrons. The summed E-state index contributed by atoms with van der Waals surface area (Å²) in [7, 11) is 0. The molecule has 0 heterocycles. The molecular formula is C11H15Cl2NO3. The minimum absolute atomic E-state index is 0.0882. The van der Waals surface area contributed by atoms with Crippen LogP contribution in [0.4, 0.5) is 0 Å². The van der Waals surface area contributed by atoms with Gasteiger partial charge in [-0.15, -0.1) is 0 Å². The normalized spacial score (nSPS) is 12.5. The fourth-order valence-corrected chi connectivity index (χ4v) is 1.78. The zero-order chi connectivity index (χ0) is 13.2. The Morgan fingerprint density at radius 1 is 1.18 bits per heavy atom. The molecule has 0 atom stereocenters. The van der Waals surface area contributed by atoms with Crippen LogP contribution in [0.15, 0.2) is 18.2 Å². The van der Waals surface area contributed by atoms with Crippen LogP contribution in [-0.4, -0.2) is 32.3 Å². The van der Waals surface area contributed by atoms with E-state index in [9.17, 15) is 5.21 Å². The highest BCUT2D eigenvalue weighted by Crippen LogP contribution is 2.23. The Hall–Kier alpha value is -0.360. The quantitative estimate of drug-likeness (QED) is 0.585. The van der Waals surface area contributed by atoms with E-state index < -0.39 is 11.8 Å². The molecular weight excluding hydrogens is 265 g/mol. The second kappa shape index (κ2) is 5.52. The van der Waals surface area contributed by atoms with Gasteiger partial charge in [-0.1, -0.05) is 23.2 Å². The Kier molecular flexibility index (Phi) is 4.77. The van der Waals surface area contributed by atoms with Crippen molar-refractivity contribution in [1.29, 1.82) is 0 Å². The molecule has 0 unspecified atom stereocenters. The van der Waals surface area contributed by atoms with Gasteiger partial charge in [0.2, 0.25) is 0 Å². The van der Waals surface area contributed by atoms with Gasteiger partial charge >= 0.3 is 0 Å². The first-order valence-corrected chi connectivity index (χ1v) is 5.76. The van der Waals surface area contributed by atoms with Crippen molar-refractivity contribution in [2.24, 2.45) is 0 Å². The van der Waals surface area contributed by atoms with E-state index in [1.165, 1.54) is 13.8 Å². The molecule has 0 aliphatic rings. The maximum absolute atomic E-state index is 9.81. The SMILES string of the molecule is CC(C)(C(O)O)N(O)Cc1cc(Cl)cc(Cl)c1. The Balaban J connectivity index is 2.84. The topological polar surface area (TPSA) is 63.9 Å². The van der Waals surface area contributed by atoms with Gasteiger partial charge in [-0.05, 0) is 37.6 Å². The van der Waals surface area contributed by atoms with E-state index in [0.29, 0.717) is 15.6 Å². The van der Waals surface area contributed by atoms with Crippen molar-refractivity contribution in [2.75, 3.05) is 0 Å². The van der Waals surface area contributed by atoms with E-state index in [-0.39, 0.29) is 6.54 Å². The van der Waals surface area contributed by atoms with E-state index in [1.807, 2.05) is 0 Å². The predicted octanol–water partition coefficient (Wildman–Crippen LogP) is 2.27. The first-order chi connectivity index (χ1) is 7.73. The maximum Gasteiger partial charge on any atom is 0.171 e. The Bertz CT molecular complexity index is 376. The van der Waals surface area contributed by atoms with E-state index in [2.05, 4.69) is 0 Å². The molecule has 3 N–H and O–H groups in total. The molecule has 1 aromatic rings. The molecule has 0 saturated heterocycles. The highest BCUT2D eigenvalue weighted by Gasteiger charge is 2.32. The molecule has 17 heavy (non-hydrogen) atoms. The number of aliphatic hydroxyl groups excluding tert-OH is 1. The second-order valence-electron chi connectivity index (χ2n) is 4.36. The van der Waals surface area contributed by atoms with Gasteiger partial charge in [-0.25, -0.2) is 0 Å². The van der Waals surface area contributed by atoms with Crippen molar-refractivity contribution < 1.29 is 15.4 Å². The number of hydrogen-bond acceptors (Lipinski definition) is 4. The standard InChI is InChI=1S/C11H15Cl2NO3/c1-11(2,10(15)16)14(17)6-7-3-8(12)5-9(13)4-7/h3-5,10,15-17H,6H2,1-2H3. The molecule has 0 aliphatic heterocycles. The Morgan fingerprint density at radius 3 is 2.06 bits per heavy atom. The predicted molar refractivity (Wildman–Crippen MR) is 66.1 cm³/mol. The molecule has 0 amide bonds. The third kappa shape index (κ3) is 3.81. The zero-order valence-corrected chi connectivity index (χ0v) is 11.1. The lowest BCUT2D eigenvalue weighted by Crippen LogP contribution is -2.50. The summed E-state index contributed by atoms with van der Waals surface area (Å²) in [6.45, 7) is 3.10. The van der Waals surface area contributed by atoms with Crippen molar-refractivity contribution in [3.8, 4) is 0 Å². The van der Waals surface area contributed by atoms with Crippen LogP contribution in [0, 0.1) is 0 Å². The number of hydrogen-bond donors (Lipinski definition) is 3. The number of nitrogens with zero attached hydrogens (tertiary/aromatic N) is 1. The average molecular weight is 280 g/mol. The van der Waals surface area contributed by atoms with Crippen LogP contribution in [0.25, 0.3) is 0 Å². The molecule has 0 radical (unpaired) electrons. The van der Waals surface area contributed by atoms with Crippen molar-refractivity contribution in [3.63, 3.8) is 0 Å². The molecule has 6 heteroatoms. The minimum Gasteiger partial charge on any atom is -0.366 e. The third-order valence-electron chi connectivity index (χ3n) is 2.55. The molecule has 1 aromatic carbocycles. The average Bonchev–Trinajstić information content (AvgIpc) is 2.15. The van der Waals surface area contributed by atoms with Crippen LogP contribution in [0.3, 0.4) is 0 Å². The summed E-state index contributed by atoms with van der Waals surface area (Å²) in [6.07, 6.45) is -1.66. The van der Waals surface area contributed by atoms with E-state index in [0.717, 1.165) is 5.06 Å². The van der Waals surface area contributed by atoms with E-state index in [1.54, 1.807) is 18.2 Å². The van der Waals surface area contributed by atoms with Gasteiger partial charge in [0.25, 0.3) is 0 Å². The second-order valence-corrected chi connectivity index (χ2v) is 5.24. The lowest BCUT2D eigenvalue weighted by atomic mass is 10.0. The number of benzene rings is 1. The van der Waals surface area contributed by atoms with Gasteiger partial charge < -0.3 is 15.4 Å². The van der Waals surface area contributed by atoms with E-state index in [4.69, 9.17) is 33.4 Å². The molecule has 0 bridgehead atoms. The first-order valence-electron chi connectivity index (χ1n) is 5.01. The molecule has 0 aromatic heterocycles. The van der Waals surface area contributed by atoms with Gasteiger partial charge in [0.15, 0.2) is 6.29 Å². The molecule has 0 fully saturated rings. The van der Waals surface area contributed by atoms with Crippen LogP contribution >= 0.6 is 23.2 Å². The number of hydroxylamine groups is 2. The fraction of sp³-hybridized carbons (Fsp3) is 0.455. The summed E-state index contributed by atoms with van der Waals surface area (Å²) in [4.78, 5) is 0. The molecule has 0 aliphatic carbocycles. The van der Waals surface area contributed by atoms with Crippen LogP contribution < -0.4 is 0 Å². The van der Waals surface area contributed by atoms with Gasteiger partial charge in [-0.3, -0.25) is 0 Å². The summed E-state index contributed by atoms with van der Waals surface area (Å²) < 4.78 is 0. The summed E-state index contributed by atoms with van der Waals surface area (Å²) in [5.74, 6) is 0. The van der Waals surface area contributed by atoms with Crippen LogP contribution in [0.5, 0.6) is 0 Å². The van der Waals surface area contributed by atoms with Gasteiger partial charge in [0.05, 0.1) is 5.54 Å².